The summed E-state index contributed by atoms with van der Waals surface area (Å²) >= 11 is 5.48. The molecule has 6 nitrogen and oxygen atoms in total. The second-order valence-corrected chi connectivity index (χ2v) is 4.08. The number of pyridine rings is 1. The number of alkyl halides is 1. The van der Waals surface area contributed by atoms with E-state index in [1.807, 2.05) is 12.1 Å². The second-order valence-electron chi connectivity index (χ2n) is 3.70. The van der Waals surface area contributed by atoms with Gasteiger partial charge in [-0.15, -0.1) is 16.5 Å². The van der Waals surface area contributed by atoms with E-state index in [9.17, 15) is 9.70 Å². The van der Waals surface area contributed by atoms with E-state index in [-0.39, 0.29) is 12.4 Å². The number of nitrogens with one attached hydrogen (secondary N) is 1. The highest BCUT2D eigenvalue weighted by Gasteiger charge is 2.14. The minimum atomic E-state index is -0.631. The molecular formula is C12H11ClN4O2. The largest absolute Gasteiger partial charge is 0.344 e. The SMILES string of the molecule is O=NN(CCCl)C(=O)Nc1cccc2cccnc12. The maximum atomic E-state index is 11.8. The second kappa shape index (κ2) is 6.10. The first-order valence-electron chi connectivity index (χ1n) is 5.57. The van der Waals surface area contributed by atoms with Crippen LogP contribution in [0.4, 0.5) is 10.5 Å². The van der Waals surface area contributed by atoms with Crippen LogP contribution in [0.25, 0.3) is 10.9 Å². The molecule has 98 valence electrons. The predicted octanol–water partition coefficient (Wildman–Crippen LogP) is 2.99. The number of para-hydroxylation sites is 1. The third kappa shape index (κ3) is 2.97. The molecule has 1 N–H and O–H groups in total. The van der Waals surface area contributed by atoms with Crippen molar-refractivity contribution in [1.82, 2.24) is 9.99 Å². The van der Waals surface area contributed by atoms with Gasteiger partial charge < -0.3 is 5.32 Å². The van der Waals surface area contributed by atoms with Gasteiger partial charge in [0.05, 0.1) is 23.0 Å². The van der Waals surface area contributed by atoms with Crippen molar-refractivity contribution in [2.75, 3.05) is 17.7 Å². The fourth-order valence-corrected chi connectivity index (χ4v) is 1.80. The summed E-state index contributed by atoms with van der Waals surface area (Å²) in [5, 5.41) is 6.84. The molecule has 0 spiro atoms. The van der Waals surface area contributed by atoms with Crippen molar-refractivity contribution in [3.63, 3.8) is 0 Å². The van der Waals surface area contributed by atoms with Gasteiger partial charge in [-0.2, -0.15) is 5.01 Å². The van der Waals surface area contributed by atoms with E-state index >= 15 is 0 Å². The number of fused-ring (bicyclic) bond motifs is 1. The Morgan fingerprint density at radius 1 is 1.37 bits per heavy atom. The molecule has 2 amide bonds. The topological polar surface area (TPSA) is 74.7 Å². The van der Waals surface area contributed by atoms with Crippen LogP contribution in [-0.4, -0.2) is 28.4 Å². The molecule has 0 radical (unpaired) electrons. The van der Waals surface area contributed by atoms with Crippen molar-refractivity contribution >= 4 is 34.2 Å². The molecule has 0 atom stereocenters. The van der Waals surface area contributed by atoms with Gasteiger partial charge in [-0.1, -0.05) is 18.2 Å². The number of anilines is 1. The molecule has 1 aromatic heterocycles. The lowest BCUT2D eigenvalue weighted by atomic mass is 10.2. The number of benzene rings is 1. The number of amides is 2. The van der Waals surface area contributed by atoms with Crippen LogP contribution in [0.3, 0.4) is 0 Å². The van der Waals surface area contributed by atoms with Crippen LogP contribution in [0.5, 0.6) is 0 Å². The van der Waals surface area contributed by atoms with Gasteiger partial charge in [0.25, 0.3) is 0 Å². The summed E-state index contributed by atoms with van der Waals surface area (Å²) in [4.78, 5) is 26.5. The zero-order valence-electron chi connectivity index (χ0n) is 9.91. The summed E-state index contributed by atoms with van der Waals surface area (Å²) in [6, 6.07) is 8.44. The first-order chi connectivity index (χ1) is 9.26. The molecule has 2 rings (SSSR count). The molecule has 0 aliphatic heterocycles. The maximum absolute atomic E-state index is 11.8. The highest BCUT2D eigenvalue weighted by Crippen LogP contribution is 2.20. The highest BCUT2D eigenvalue weighted by molar-refractivity contribution is 6.18. The number of aromatic nitrogens is 1. The van der Waals surface area contributed by atoms with E-state index < -0.39 is 6.03 Å². The molecule has 0 saturated carbocycles. The lowest BCUT2D eigenvalue weighted by molar-refractivity contribution is 0.216. The standard InChI is InChI=1S/C12H11ClN4O2/c13-6-8-17(16-19)12(18)15-10-5-1-3-9-4-2-7-14-11(9)10/h1-5,7H,6,8H2,(H,15,18). The molecule has 19 heavy (non-hydrogen) atoms. The first-order valence-corrected chi connectivity index (χ1v) is 6.11. The van der Waals surface area contributed by atoms with Crippen molar-refractivity contribution in [2.45, 2.75) is 0 Å². The number of halogens is 1. The Kier molecular flexibility index (Phi) is 4.25. The van der Waals surface area contributed by atoms with E-state index in [1.165, 1.54) is 0 Å². The third-order valence-electron chi connectivity index (χ3n) is 2.50. The molecular weight excluding hydrogens is 268 g/mol. The number of hydrogen-bond acceptors (Lipinski definition) is 4. The fraction of sp³-hybridized carbons (Fsp3) is 0.167. The normalized spacial score (nSPS) is 10.2. The van der Waals surface area contributed by atoms with Crippen molar-refractivity contribution in [3.05, 3.63) is 41.4 Å². The molecule has 7 heteroatoms. The number of urea groups is 1. The van der Waals surface area contributed by atoms with Gasteiger partial charge in [-0.05, 0) is 12.1 Å². The minimum absolute atomic E-state index is 0.0507. The van der Waals surface area contributed by atoms with Crippen LogP contribution in [-0.2, 0) is 0 Å². The average Bonchev–Trinajstić information content (AvgIpc) is 2.45. The van der Waals surface area contributed by atoms with Gasteiger partial charge in [-0.3, -0.25) is 4.98 Å². The molecule has 0 unspecified atom stereocenters. The highest BCUT2D eigenvalue weighted by atomic mass is 35.5. The summed E-state index contributed by atoms with van der Waals surface area (Å²) in [5.41, 5.74) is 1.17. The van der Waals surface area contributed by atoms with E-state index in [4.69, 9.17) is 11.6 Å². The Morgan fingerprint density at radius 3 is 2.89 bits per heavy atom. The van der Waals surface area contributed by atoms with Crippen LogP contribution >= 0.6 is 11.6 Å². The zero-order chi connectivity index (χ0) is 13.7. The Morgan fingerprint density at radius 2 is 2.16 bits per heavy atom. The Labute approximate surface area is 114 Å². The van der Waals surface area contributed by atoms with Crippen LogP contribution < -0.4 is 5.32 Å². The number of rotatable bonds is 4. The third-order valence-corrected chi connectivity index (χ3v) is 2.67. The lowest BCUT2D eigenvalue weighted by Gasteiger charge is -2.13. The molecule has 0 bridgehead atoms. The Balaban J connectivity index is 2.26. The Hall–Kier alpha value is -2.21. The molecule has 2 aromatic rings. The summed E-state index contributed by atoms with van der Waals surface area (Å²) in [6.45, 7) is 0.0507. The number of hydrogen-bond donors (Lipinski definition) is 1. The van der Waals surface area contributed by atoms with E-state index in [0.717, 1.165) is 10.4 Å². The van der Waals surface area contributed by atoms with Gasteiger partial charge in [-0.25, -0.2) is 4.79 Å². The van der Waals surface area contributed by atoms with Gasteiger partial charge in [0.1, 0.15) is 0 Å². The van der Waals surface area contributed by atoms with Crippen molar-refractivity contribution < 1.29 is 4.79 Å². The van der Waals surface area contributed by atoms with Gasteiger partial charge >= 0.3 is 6.03 Å². The maximum Gasteiger partial charge on any atom is 0.344 e. The minimum Gasteiger partial charge on any atom is -0.304 e. The zero-order valence-corrected chi connectivity index (χ0v) is 10.7. The van der Waals surface area contributed by atoms with Crippen LogP contribution in [0, 0.1) is 4.91 Å². The van der Waals surface area contributed by atoms with E-state index in [1.54, 1.807) is 24.4 Å². The molecule has 1 aromatic carbocycles. The number of carbonyl (C=O) groups is 1. The predicted molar refractivity (Wildman–Crippen MR) is 74.0 cm³/mol. The summed E-state index contributed by atoms with van der Waals surface area (Å²) in [5.74, 6) is 0.132. The Bertz CT molecular complexity index is 600. The summed E-state index contributed by atoms with van der Waals surface area (Å²) < 4.78 is 0. The van der Waals surface area contributed by atoms with Gasteiger partial charge in [0.2, 0.25) is 0 Å². The van der Waals surface area contributed by atoms with Gasteiger partial charge in [0.15, 0.2) is 0 Å². The van der Waals surface area contributed by atoms with Crippen molar-refractivity contribution in [1.29, 1.82) is 0 Å². The monoisotopic (exact) mass is 278 g/mol. The summed E-state index contributed by atoms with van der Waals surface area (Å²) in [6.07, 6.45) is 1.63. The number of nitrogens with zero attached hydrogens (tertiary/aromatic N) is 3. The molecule has 0 aliphatic carbocycles. The molecule has 0 fully saturated rings. The van der Waals surface area contributed by atoms with Crippen molar-refractivity contribution in [3.8, 4) is 0 Å². The van der Waals surface area contributed by atoms with Crippen LogP contribution in [0.1, 0.15) is 0 Å². The van der Waals surface area contributed by atoms with E-state index in [0.29, 0.717) is 11.2 Å². The lowest BCUT2D eigenvalue weighted by Crippen LogP contribution is -2.31. The number of carbonyl (C=O) groups excluding carboxylic acids is 1. The van der Waals surface area contributed by atoms with Crippen LogP contribution in [0.2, 0.25) is 0 Å². The molecule has 0 aliphatic rings. The van der Waals surface area contributed by atoms with E-state index in [2.05, 4.69) is 15.6 Å². The molecule has 0 saturated heterocycles. The first kappa shape index (κ1) is 13.2. The smallest absolute Gasteiger partial charge is 0.304 e. The quantitative estimate of drug-likeness (QED) is 0.531. The van der Waals surface area contributed by atoms with Crippen LogP contribution in [0.15, 0.2) is 41.8 Å². The van der Waals surface area contributed by atoms with Gasteiger partial charge in [0, 0.05) is 17.5 Å². The summed E-state index contributed by atoms with van der Waals surface area (Å²) in [7, 11) is 0. The molecule has 1 heterocycles. The average molecular weight is 279 g/mol. The fourth-order valence-electron chi connectivity index (χ4n) is 1.64. The van der Waals surface area contributed by atoms with Crippen molar-refractivity contribution in [2.24, 2.45) is 5.29 Å². The number of nitroso groups, excluding NO2 is 1.